The molecule has 0 bridgehead atoms. The number of nitrogens with one attached hydrogen (secondary N) is 1. The number of aryl methyl sites for hydroxylation is 1. The molecule has 3 aromatic carbocycles. The van der Waals surface area contributed by atoms with Gasteiger partial charge in [-0.25, -0.2) is 10.4 Å². The zero-order valence-electron chi connectivity index (χ0n) is 16.5. The van der Waals surface area contributed by atoms with Crippen molar-refractivity contribution in [3.05, 3.63) is 95.1 Å². The Balaban J connectivity index is 1.45. The molecule has 5 aromatic rings. The maximum atomic E-state index is 6.37. The number of anilines is 1. The van der Waals surface area contributed by atoms with Crippen LogP contribution >= 0.6 is 11.6 Å². The average Bonchev–Trinajstić information content (AvgIpc) is 3.28. The van der Waals surface area contributed by atoms with Gasteiger partial charge in [-0.1, -0.05) is 60.1 Å². The first-order valence-electron chi connectivity index (χ1n) is 9.72. The van der Waals surface area contributed by atoms with Crippen molar-refractivity contribution >= 4 is 45.7 Å². The molecule has 2 aromatic heterocycles. The highest BCUT2D eigenvalue weighted by Gasteiger charge is 2.09. The van der Waals surface area contributed by atoms with Crippen LogP contribution in [0.2, 0.25) is 5.02 Å². The average molecular weight is 414 g/mol. The smallest absolute Gasteiger partial charge is 0.224 e. The second kappa shape index (κ2) is 7.69. The summed E-state index contributed by atoms with van der Waals surface area (Å²) < 4.78 is 4.19. The molecule has 0 aliphatic rings. The molecule has 5 rings (SSSR count). The second-order valence-corrected chi connectivity index (χ2v) is 7.58. The minimum Gasteiger partial charge on any atom is -0.342 e. The standard InChI is InChI=1S/C24H20ClN5/c1-29-23-13-7-5-11-21(23)27-24(29)28-26-14-18-16-30(22-12-6-3-9-19(18)22)15-17-8-2-4-10-20(17)25/h2-14,16H,15H2,1H3,(H,27,28)/b26-14-. The Kier molecular flexibility index (Phi) is 4.73. The molecule has 0 aliphatic carbocycles. The Morgan fingerprint density at radius 1 is 0.967 bits per heavy atom. The Morgan fingerprint density at radius 2 is 1.70 bits per heavy atom. The number of fused-ring (bicyclic) bond motifs is 2. The lowest BCUT2D eigenvalue weighted by atomic mass is 10.2. The first-order valence-corrected chi connectivity index (χ1v) is 10.1. The minimum atomic E-state index is 0.701. The Morgan fingerprint density at radius 3 is 2.53 bits per heavy atom. The van der Waals surface area contributed by atoms with E-state index in [-0.39, 0.29) is 0 Å². The Bertz CT molecular complexity index is 1380. The van der Waals surface area contributed by atoms with Crippen molar-refractivity contribution in [2.75, 3.05) is 5.43 Å². The maximum Gasteiger partial charge on any atom is 0.224 e. The van der Waals surface area contributed by atoms with Gasteiger partial charge in [0.05, 0.1) is 17.2 Å². The molecule has 148 valence electrons. The first-order chi connectivity index (χ1) is 14.7. The summed E-state index contributed by atoms with van der Waals surface area (Å²) in [5, 5.41) is 6.37. The summed E-state index contributed by atoms with van der Waals surface area (Å²) in [5.74, 6) is 0.701. The van der Waals surface area contributed by atoms with E-state index in [9.17, 15) is 0 Å². The van der Waals surface area contributed by atoms with Gasteiger partial charge in [-0.05, 0) is 29.8 Å². The van der Waals surface area contributed by atoms with Crippen LogP contribution in [-0.2, 0) is 13.6 Å². The highest BCUT2D eigenvalue weighted by atomic mass is 35.5. The van der Waals surface area contributed by atoms with Crippen LogP contribution < -0.4 is 5.43 Å². The van der Waals surface area contributed by atoms with Crippen molar-refractivity contribution < 1.29 is 0 Å². The third-order valence-corrected chi connectivity index (χ3v) is 5.64. The SMILES string of the molecule is Cn1c(N/N=C\c2cn(Cc3ccccc3Cl)c3ccccc23)nc2ccccc21. The molecular weight excluding hydrogens is 394 g/mol. The van der Waals surface area contributed by atoms with Gasteiger partial charge in [-0.15, -0.1) is 0 Å². The molecule has 2 heterocycles. The molecular formula is C24H20ClN5. The number of para-hydroxylation sites is 3. The second-order valence-electron chi connectivity index (χ2n) is 7.17. The van der Waals surface area contributed by atoms with E-state index in [0.717, 1.165) is 38.1 Å². The number of imidazole rings is 1. The number of hydrogen-bond donors (Lipinski definition) is 1. The molecule has 0 radical (unpaired) electrons. The fraction of sp³-hybridized carbons (Fsp3) is 0.0833. The highest BCUT2D eigenvalue weighted by molar-refractivity contribution is 6.31. The Labute approximate surface area is 179 Å². The van der Waals surface area contributed by atoms with Gasteiger partial charge in [0.25, 0.3) is 0 Å². The van der Waals surface area contributed by atoms with Gasteiger partial charge >= 0.3 is 0 Å². The number of hydrogen-bond acceptors (Lipinski definition) is 3. The van der Waals surface area contributed by atoms with E-state index in [1.807, 2.05) is 72.4 Å². The van der Waals surface area contributed by atoms with Crippen LogP contribution in [0.25, 0.3) is 21.9 Å². The van der Waals surface area contributed by atoms with Gasteiger partial charge in [0.15, 0.2) is 0 Å². The highest BCUT2D eigenvalue weighted by Crippen LogP contribution is 2.24. The van der Waals surface area contributed by atoms with Crippen LogP contribution in [0, 0.1) is 0 Å². The zero-order chi connectivity index (χ0) is 20.5. The van der Waals surface area contributed by atoms with Crippen LogP contribution in [-0.4, -0.2) is 20.3 Å². The van der Waals surface area contributed by atoms with Crippen LogP contribution in [0.5, 0.6) is 0 Å². The first kappa shape index (κ1) is 18.5. The van der Waals surface area contributed by atoms with Gasteiger partial charge in [-0.3, -0.25) is 0 Å². The molecule has 0 aliphatic heterocycles. The van der Waals surface area contributed by atoms with Gasteiger partial charge < -0.3 is 9.13 Å². The fourth-order valence-corrected chi connectivity index (χ4v) is 3.92. The van der Waals surface area contributed by atoms with E-state index in [1.165, 1.54) is 0 Å². The summed E-state index contributed by atoms with van der Waals surface area (Å²) in [5.41, 5.74) is 8.33. The molecule has 0 unspecified atom stereocenters. The van der Waals surface area contributed by atoms with E-state index in [0.29, 0.717) is 12.5 Å². The number of halogens is 1. The van der Waals surface area contributed by atoms with Crippen molar-refractivity contribution in [1.82, 2.24) is 14.1 Å². The van der Waals surface area contributed by atoms with Crippen LogP contribution in [0.15, 0.2) is 84.1 Å². The summed E-state index contributed by atoms with van der Waals surface area (Å²) in [6, 6.07) is 24.3. The van der Waals surface area contributed by atoms with E-state index >= 15 is 0 Å². The topological polar surface area (TPSA) is 47.1 Å². The van der Waals surface area contributed by atoms with Gasteiger partial charge in [0.1, 0.15) is 0 Å². The number of benzene rings is 3. The van der Waals surface area contributed by atoms with Gasteiger partial charge in [0.2, 0.25) is 5.95 Å². The predicted molar refractivity (Wildman–Crippen MR) is 124 cm³/mol. The molecule has 0 atom stereocenters. The molecule has 0 saturated heterocycles. The molecule has 1 N–H and O–H groups in total. The lowest BCUT2D eigenvalue weighted by Crippen LogP contribution is -1.99. The number of aromatic nitrogens is 3. The van der Waals surface area contributed by atoms with E-state index in [1.54, 1.807) is 0 Å². The third kappa shape index (κ3) is 3.33. The van der Waals surface area contributed by atoms with Crippen molar-refractivity contribution in [3.8, 4) is 0 Å². The van der Waals surface area contributed by atoms with E-state index < -0.39 is 0 Å². The molecule has 0 spiro atoms. The molecule has 0 amide bonds. The van der Waals surface area contributed by atoms with Crippen molar-refractivity contribution in [3.63, 3.8) is 0 Å². The molecule has 0 fully saturated rings. The van der Waals surface area contributed by atoms with Gasteiger partial charge in [0, 0.05) is 41.3 Å². The van der Waals surface area contributed by atoms with Crippen LogP contribution in [0.3, 0.4) is 0 Å². The quantitative estimate of drug-likeness (QED) is 0.298. The number of rotatable bonds is 5. The summed E-state index contributed by atoms with van der Waals surface area (Å²) >= 11 is 6.37. The van der Waals surface area contributed by atoms with E-state index in [4.69, 9.17) is 11.6 Å². The molecule has 5 nitrogen and oxygen atoms in total. The molecule has 30 heavy (non-hydrogen) atoms. The van der Waals surface area contributed by atoms with E-state index in [2.05, 4.69) is 44.5 Å². The van der Waals surface area contributed by atoms with Crippen molar-refractivity contribution in [2.24, 2.45) is 12.1 Å². The summed E-state index contributed by atoms with van der Waals surface area (Å²) in [6.07, 6.45) is 3.94. The van der Waals surface area contributed by atoms with Crippen LogP contribution in [0.1, 0.15) is 11.1 Å². The van der Waals surface area contributed by atoms with Crippen molar-refractivity contribution in [2.45, 2.75) is 6.54 Å². The minimum absolute atomic E-state index is 0.701. The normalized spacial score (nSPS) is 11.7. The maximum absolute atomic E-state index is 6.37. The third-order valence-electron chi connectivity index (χ3n) is 5.27. The fourth-order valence-electron chi connectivity index (χ4n) is 3.72. The summed E-state index contributed by atoms with van der Waals surface area (Å²) in [7, 11) is 1.97. The summed E-state index contributed by atoms with van der Waals surface area (Å²) in [4.78, 5) is 4.59. The Hall–Kier alpha value is -3.57. The largest absolute Gasteiger partial charge is 0.342 e. The van der Waals surface area contributed by atoms with Crippen molar-refractivity contribution in [1.29, 1.82) is 0 Å². The zero-order valence-corrected chi connectivity index (χ0v) is 17.2. The number of hydrazone groups is 1. The lowest BCUT2D eigenvalue weighted by molar-refractivity contribution is 0.836. The predicted octanol–water partition coefficient (Wildman–Crippen LogP) is 5.68. The molecule has 6 heteroatoms. The van der Waals surface area contributed by atoms with Crippen LogP contribution in [0.4, 0.5) is 5.95 Å². The lowest BCUT2D eigenvalue weighted by Gasteiger charge is -2.07. The monoisotopic (exact) mass is 413 g/mol. The number of nitrogens with zero attached hydrogens (tertiary/aromatic N) is 4. The summed E-state index contributed by atoms with van der Waals surface area (Å²) in [6.45, 7) is 0.701. The molecule has 0 saturated carbocycles. The van der Waals surface area contributed by atoms with Gasteiger partial charge in [-0.2, -0.15) is 5.10 Å².